The highest BCUT2D eigenvalue weighted by Gasteiger charge is 2.11. The lowest BCUT2D eigenvalue weighted by atomic mass is 10.1. The Morgan fingerprint density at radius 2 is 2.06 bits per heavy atom. The normalized spacial score (nSPS) is 17.6. The van der Waals surface area contributed by atoms with Gasteiger partial charge in [-0.25, -0.2) is 0 Å². The average Bonchev–Trinajstić information content (AvgIpc) is 2.32. The van der Waals surface area contributed by atoms with Crippen LogP contribution in [0.5, 0.6) is 5.75 Å². The molecule has 3 nitrogen and oxygen atoms in total. The van der Waals surface area contributed by atoms with E-state index in [1.165, 1.54) is 0 Å². The van der Waals surface area contributed by atoms with E-state index in [2.05, 4.69) is 26.1 Å². The van der Waals surface area contributed by atoms with Gasteiger partial charge in [-0.05, 0) is 34.0 Å². The van der Waals surface area contributed by atoms with Crippen molar-refractivity contribution in [2.75, 3.05) is 32.7 Å². The first kappa shape index (κ1) is 11.9. The predicted octanol–water partition coefficient (Wildman–Crippen LogP) is 1.60. The number of aromatic hydroxyl groups is 1. The van der Waals surface area contributed by atoms with E-state index in [9.17, 15) is 5.11 Å². The summed E-state index contributed by atoms with van der Waals surface area (Å²) in [4.78, 5) is 2.43. The van der Waals surface area contributed by atoms with Crippen LogP contribution in [0, 0.1) is 0 Å². The number of phenolic OH excluding ortho intramolecular Hbond substituents is 1. The predicted molar refractivity (Wildman–Crippen MR) is 68.8 cm³/mol. The Balaban J connectivity index is 1.91. The second-order valence-corrected chi connectivity index (χ2v) is 4.94. The van der Waals surface area contributed by atoms with Crippen LogP contribution in [0.3, 0.4) is 0 Å². The molecule has 2 N–H and O–H groups in total. The number of piperazine rings is 1. The van der Waals surface area contributed by atoms with E-state index in [1.54, 1.807) is 0 Å². The summed E-state index contributed by atoms with van der Waals surface area (Å²) in [5, 5.41) is 13.2. The van der Waals surface area contributed by atoms with E-state index in [4.69, 9.17) is 0 Å². The molecule has 1 aromatic carbocycles. The van der Waals surface area contributed by atoms with E-state index in [0.29, 0.717) is 5.75 Å². The van der Waals surface area contributed by atoms with Gasteiger partial charge in [-0.1, -0.05) is 12.1 Å². The minimum Gasteiger partial charge on any atom is -0.506 e. The van der Waals surface area contributed by atoms with Gasteiger partial charge >= 0.3 is 0 Å². The van der Waals surface area contributed by atoms with Crippen LogP contribution in [0.15, 0.2) is 22.7 Å². The second kappa shape index (κ2) is 5.66. The molecule has 0 bridgehead atoms. The molecule has 4 heteroatoms. The van der Waals surface area contributed by atoms with Gasteiger partial charge in [-0.2, -0.15) is 0 Å². The molecule has 0 atom stereocenters. The number of hydrogen-bond donors (Lipinski definition) is 2. The summed E-state index contributed by atoms with van der Waals surface area (Å²) in [6.07, 6.45) is 0.908. The van der Waals surface area contributed by atoms with Crippen molar-refractivity contribution in [3.8, 4) is 5.75 Å². The van der Waals surface area contributed by atoms with Crippen molar-refractivity contribution >= 4 is 15.9 Å². The molecule has 1 aliphatic rings. The molecule has 2 rings (SSSR count). The summed E-state index contributed by atoms with van der Waals surface area (Å²) in [5.74, 6) is 0.387. The minimum absolute atomic E-state index is 0.387. The number of para-hydroxylation sites is 1. The first-order valence-electron chi connectivity index (χ1n) is 5.67. The first-order chi connectivity index (χ1) is 7.77. The van der Waals surface area contributed by atoms with Crippen molar-refractivity contribution in [2.45, 2.75) is 6.42 Å². The maximum Gasteiger partial charge on any atom is 0.132 e. The fourth-order valence-corrected chi connectivity index (χ4v) is 2.38. The zero-order chi connectivity index (χ0) is 11.4. The van der Waals surface area contributed by atoms with Crippen LogP contribution < -0.4 is 5.32 Å². The molecule has 0 aliphatic carbocycles. The lowest BCUT2D eigenvalue weighted by molar-refractivity contribution is 0.243. The number of hydrogen-bond acceptors (Lipinski definition) is 3. The van der Waals surface area contributed by atoms with Crippen LogP contribution in [-0.2, 0) is 6.42 Å². The SMILES string of the molecule is Oc1c(Br)cccc1CCN1CCNCC1. The van der Waals surface area contributed by atoms with Gasteiger partial charge in [0.1, 0.15) is 5.75 Å². The molecular formula is C12H17BrN2O. The monoisotopic (exact) mass is 284 g/mol. The summed E-state index contributed by atoms with van der Waals surface area (Å²) in [6.45, 7) is 5.38. The van der Waals surface area contributed by atoms with Crippen molar-refractivity contribution in [3.05, 3.63) is 28.2 Å². The quantitative estimate of drug-likeness (QED) is 0.885. The van der Waals surface area contributed by atoms with E-state index in [0.717, 1.165) is 49.2 Å². The van der Waals surface area contributed by atoms with Gasteiger partial charge in [0.2, 0.25) is 0 Å². The molecule has 1 aliphatic heterocycles. The van der Waals surface area contributed by atoms with Crippen LogP contribution in [0.25, 0.3) is 0 Å². The molecule has 1 fully saturated rings. The van der Waals surface area contributed by atoms with E-state index in [1.807, 2.05) is 18.2 Å². The van der Waals surface area contributed by atoms with Gasteiger partial charge in [0.15, 0.2) is 0 Å². The molecule has 88 valence electrons. The Bertz CT molecular complexity index is 351. The number of halogens is 1. The molecule has 1 saturated heterocycles. The van der Waals surface area contributed by atoms with Crippen LogP contribution in [-0.4, -0.2) is 42.7 Å². The number of nitrogens with one attached hydrogen (secondary N) is 1. The molecule has 0 aromatic heterocycles. The Kier molecular flexibility index (Phi) is 4.21. The van der Waals surface area contributed by atoms with Crippen molar-refractivity contribution in [1.29, 1.82) is 0 Å². The average molecular weight is 285 g/mol. The van der Waals surface area contributed by atoms with Crippen LogP contribution in [0.4, 0.5) is 0 Å². The topological polar surface area (TPSA) is 35.5 Å². The second-order valence-electron chi connectivity index (χ2n) is 4.09. The van der Waals surface area contributed by atoms with E-state index >= 15 is 0 Å². The lowest BCUT2D eigenvalue weighted by Crippen LogP contribution is -2.44. The Hall–Kier alpha value is -0.580. The van der Waals surface area contributed by atoms with Gasteiger partial charge < -0.3 is 15.3 Å². The van der Waals surface area contributed by atoms with E-state index < -0.39 is 0 Å². The van der Waals surface area contributed by atoms with Crippen molar-refractivity contribution in [2.24, 2.45) is 0 Å². The third-order valence-electron chi connectivity index (χ3n) is 2.98. The number of benzene rings is 1. The molecular weight excluding hydrogens is 268 g/mol. The van der Waals surface area contributed by atoms with Crippen LogP contribution in [0.1, 0.15) is 5.56 Å². The third-order valence-corrected chi connectivity index (χ3v) is 3.62. The fourth-order valence-electron chi connectivity index (χ4n) is 1.98. The summed E-state index contributed by atoms with van der Waals surface area (Å²) in [6, 6.07) is 5.82. The smallest absolute Gasteiger partial charge is 0.132 e. The van der Waals surface area contributed by atoms with Crippen LogP contribution in [0.2, 0.25) is 0 Å². The number of nitrogens with zero attached hydrogens (tertiary/aromatic N) is 1. The van der Waals surface area contributed by atoms with E-state index in [-0.39, 0.29) is 0 Å². The highest BCUT2D eigenvalue weighted by molar-refractivity contribution is 9.10. The van der Waals surface area contributed by atoms with Gasteiger partial charge in [0.05, 0.1) is 4.47 Å². The molecule has 0 spiro atoms. The number of rotatable bonds is 3. The minimum atomic E-state index is 0.387. The molecule has 0 radical (unpaired) electrons. The van der Waals surface area contributed by atoms with Crippen LogP contribution >= 0.6 is 15.9 Å². The Labute approximate surface area is 105 Å². The van der Waals surface area contributed by atoms with Crippen molar-refractivity contribution in [1.82, 2.24) is 10.2 Å². The van der Waals surface area contributed by atoms with Gasteiger partial charge in [-0.15, -0.1) is 0 Å². The maximum atomic E-state index is 9.85. The standard InChI is InChI=1S/C12H17BrN2O/c13-11-3-1-2-10(12(11)16)4-7-15-8-5-14-6-9-15/h1-3,14,16H,4-9H2. The molecule has 0 saturated carbocycles. The summed E-state index contributed by atoms with van der Waals surface area (Å²) < 4.78 is 0.783. The summed E-state index contributed by atoms with van der Waals surface area (Å²) in [5.41, 5.74) is 1.02. The highest BCUT2D eigenvalue weighted by atomic mass is 79.9. The number of phenols is 1. The third kappa shape index (κ3) is 2.97. The highest BCUT2D eigenvalue weighted by Crippen LogP contribution is 2.27. The lowest BCUT2D eigenvalue weighted by Gasteiger charge is -2.27. The van der Waals surface area contributed by atoms with Gasteiger partial charge in [-0.3, -0.25) is 0 Å². The van der Waals surface area contributed by atoms with Crippen molar-refractivity contribution < 1.29 is 5.11 Å². The fraction of sp³-hybridized carbons (Fsp3) is 0.500. The zero-order valence-corrected chi connectivity index (χ0v) is 10.8. The molecule has 1 heterocycles. The summed E-state index contributed by atoms with van der Waals surface area (Å²) >= 11 is 3.34. The molecule has 1 aromatic rings. The van der Waals surface area contributed by atoms with Crippen molar-refractivity contribution in [3.63, 3.8) is 0 Å². The molecule has 0 unspecified atom stereocenters. The molecule has 16 heavy (non-hydrogen) atoms. The summed E-state index contributed by atoms with van der Waals surface area (Å²) in [7, 11) is 0. The maximum absolute atomic E-state index is 9.85. The Morgan fingerprint density at radius 1 is 1.31 bits per heavy atom. The largest absolute Gasteiger partial charge is 0.506 e. The first-order valence-corrected chi connectivity index (χ1v) is 6.46. The van der Waals surface area contributed by atoms with Gasteiger partial charge in [0, 0.05) is 32.7 Å². The Morgan fingerprint density at radius 3 is 2.81 bits per heavy atom. The molecule has 0 amide bonds. The van der Waals surface area contributed by atoms with Gasteiger partial charge in [0.25, 0.3) is 0 Å². The zero-order valence-electron chi connectivity index (χ0n) is 9.25.